The van der Waals surface area contributed by atoms with Crippen LogP contribution in [0.5, 0.6) is 5.88 Å². The van der Waals surface area contributed by atoms with E-state index in [9.17, 15) is 0 Å². The van der Waals surface area contributed by atoms with Crippen LogP contribution in [0.2, 0.25) is 0 Å². The average Bonchev–Trinajstić information content (AvgIpc) is 2.17. The van der Waals surface area contributed by atoms with Crippen LogP contribution in [0.25, 0.3) is 0 Å². The maximum absolute atomic E-state index is 6.15. The molecule has 0 bridgehead atoms. The van der Waals surface area contributed by atoms with E-state index in [1.54, 1.807) is 7.11 Å². The minimum atomic E-state index is 0. The molecule has 0 atom stereocenters. The van der Waals surface area contributed by atoms with Gasteiger partial charge in [-0.25, -0.2) is 4.98 Å². The number of nitrogens with zero attached hydrogens (tertiary/aromatic N) is 1. The summed E-state index contributed by atoms with van der Waals surface area (Å²) in [4.78, 5) is 4.16. The summed E-state index contributed by atoms with van der Waals surface area (Å²) in [6.07, 6.45) is 6.33. The number of hydrogen-bond donors (Lipinski definition) is 1. The fourth-order valence-corrected chi connectivity index (χ4v) is 1.85. The molecular formula is C11H18Cl2N2O. The van der Waals surface area contributed by atoms with Gasteiger partial charge in [0, 0.05) is 17.8 Å². The molecule has 0 aromatic carbocycles. The number of nitrogens with two attached hydrogens (primary N) is 1. The van der Waals surface area contributed by atoms with Gasteiger partial charge < -0.3 is 10.5 Å². The standard InChI is InChI=1S/C11H16N2O.2ClH/c1-14-10-4-3-9(8-13-10)7-11(12)5-2-6-11;;/h3-4,8H,2,5-7,12H2,1H3;2*1H. The molecule has 1 aliphatic carbocycles. The van der Waals surface area contributed by atoms with E-state index in [0.717, 1.165) is 19.3 Å². The Morgan fingerprint density at radius 3 is 2.44 bits per heavy atom. The van der Waals surface area contributed by atoms with E-state index in [1.807, 2.05) is 18.3 Å². The third-order valence-corrected chi connectivity index (χ3v) is 2.91. The molecule has 3 nitrogen and oxygen atoms in total. The van der Waals surface area contributed by atoms with Crippen molar-refractivity contribution in [3.63, 3.8) is 0 Å². The molecule has 2 N–H and O–H groups in total. The molecule has 2 rings (SSSR count). The summed E-state index contributed by atoms with van der Waals surface area (Å²) in [5, 5.41) is 0. The fraction of sp³-hybridized carbons (Fsp3) is 0.545. The number of aromatic nitrogens is 1. The summed E-state index contributed by atoms with van der Waals surface area (Å²) in [5.74, 6) is 0.661. The molecule has 0 saturated heterocycles. The van der Waals surface area contributed by atoms with Crippen molar-refractivity contribution in [3.8, 4) is 5.88 Å². The highest BCUT2D eigenvalue weighted by Gasteiger charge is 2.32. The van der Waals surface area contributed by atoms with Crippen LogP contribution in [0, 0.1) is 0 Å². The number of pyridine rings is 1. The highest BCUT2D eigenvalue weighted by Crippen LogP contribution is 2.32. The lowest BCUT2D eigenvalue weighted by Crippen LogP contribution is -2.48. The van der Waals surface area contributed by atoms with Crippen molar-refractivity contribution in [2.45, 2.75) is 31.2 Å². The Kier molecular flexibility index (Phi) is 6.08. The van der Waals surface area contributed by atoms with Crippen LogP contribution >= 0.6 is 24.8 Å². The predicted molar refractivity (Wildman–Crippen MR) is 69.8 cm³/mol. The van der Waals surface area contributed by atoms with Gasteiger partial charge in [0.2, 0.25) is 5.88 Å². The average molecular weight is 265 g/mol. The van der Waals surface area contributed by atoms with Crippen LogP contribution in [-0.2, 0) is 6.42 Å². The number of halogens is 2. The second-order valence-electron chi connectivity index (χ2n) is 4.10. The lowest BCUT2D eigenvalue weighted by atomic mass is 9.74. The smallest absolute Gasteiger partial charge is 0.212 e. The maximum Gasteiger partial charge on any atom is 0.212 e. The SMILES string of the molecule is COc1ccc(CC2(N)CCC2)cn1.Cl.Cl. The molecular weight excluding hydrogens is 247 g/mol. The first kappa shape index (κ1) is 15.5. The fourth-order valence-electron chi connectivity index (χ4n) is 1.85. The maximum atomic E-state index is 6.15. The van der Waals surface area contributed by atoms with Gasteiger partial charge in [0.25, 0.3) is 0 Å². The second-order valence-corrected chi connectivity index (χ2v) is 4.10. The van der Waals surface area contributed by atoms with E-state index >= 15 is 0 Å². The zero-order valence-corrected chi connectivity index (χ0v) is 10.9. The summed E-state index contributed by atoms with van der Waals surface area (Å²) in [5.41, 5.74) is 7.39. The Bertz CT molecular complexity index is 312. The summed E-state index contributed by atoms with van der Waals surface area (Å²) in [6.45, 7) is 0. The molecule has 16 heavy (non-hydrogen) atoms. The van der Waals surface area contributed by atoms with Crippen molar-refractivity contribution in [2.75, 3.05) is 7.11 Å². The van der Waals surface area contributed by atoms with Gasteiger partial charge in [-0.15, -0.1) is 24.8 Å². The number of hydrogen-bond acceptors (Lipinski definition) is 3. The molecule has 92 valence electrons. The lowest BCUT2D eigenvalue weighted by Gasteiger charge is -2.38. The van der Waals surface area contributed by atoms with Gasteiger partial charge in [-0.05, 0) is 31.2 Å². The van der Waals surface area contributed by atoms with Crippen molar-refractivity contribution < 1.29 is 4.74 Å². The monoisotopic (exact) mass is 264 g/mol. The third-order valence-electron chi connectivity index (χ3n) is 2.91. The zero-order chi connectivity index (χ0) is 10.0. The van der Waals surface area contributed by atoms with Crippen LogP contribution in [0.4, 0.5) is 0 Å². The van der Waals surface area contributed by atoms with Crippen molar-refractivity contribution in [2.24, 2.45) is 5.73 Å². The molecule has 1 saturated carbocycles. The van der Waals surface area contributed by atoms with Gasteiger partial charge in [-0.3, -0.25) is 0 Å². The Morgan fingerprint density at radius 2 is 2.06 bits per heavy atom. The molecule has 1 aromatic rings. The third kappa shape index (κ3) is 3.51. The van der Waals surface area contributed by atoms with Crippen LogP contribution in [0.3, 0.4) is 0 Å². The molecule has 1 aromatic heterocycles. The highest BCUT2D eigenvalue weighted by atomic mass is 35.5. The Hall–Kier alpha value is -0.510. The normalized spacial score (nSPS) is 16.4. The zero-order valence-electron chi connectivity index (χ0n) is 9.31. The number of rotatable bonds is 3. The van der Waals surface area contributed by atoms with Gasteiger partial charge in [0.05, 0.1) is 7.11 Å². The van der Waals surface area contributed by atoms with Crippen LogP contribution in [0.1, 0.15) is 24.8 Å². The molecule has 1 heterocycles. The first-order chi connectivity index (χ1) is 6.72. The number of ether oxygens (including phenoxy) is 1. The Morgan fingerprint density at radius 1 is 1.38 bits per heavy atom. The van der Waals surface area contributed by atoms with E-state index in [4.69, 9.17) is 10.5 Å². The Labute approximate surface area is 109 Å². The van der Waals surface area contributed by atoms with E-state index in [1.165, 1.54) is 12.0 Å². The predicted octanol–water partition coefficient (Wildman–Crippen LogP) is 2.36. The van der Waals surface area contributed by atoms with E-state index < -0.39 is 0 Å². The summed E-state index contributed by atoms with van der Waals surface area (Å²) in [6, 6.07) is 3.93. The van der Waals surface area contributed by atoms with Gasteiger partial charge >= 0.3 is 0 Å². The van der Waals surface area contributed by atoms with Crippen LogP contribution in [0.15, 0.2) is 18.3 Å². The largest absolute Gasteiger partial charge is 0.481 e. The molecule has 1 fully saturated rings. The van der Waals surface area contributed by atoms with Crippen molar-refractivity contribution in [1.82, 2.24) is 4.98 Å². The summed E-state index contributed by atoms with van der Waals surface area (Å²) >= 11 is 0. The van der Waals surface area contributed by atoms with E-state index in [2.05, 4.69) is 4.98 Å². The van der Waals surface area contributed by atoms with Crippen molar-refractivity contribution in [3.05, 3.63) is 23.9 Å². The van der Waals surface area contributed by atoms with E-state index in [0.29, 0.717) is 5.88 Å². The molecule has 0 amide bonds. The number of methoxy groups -OCH3 is 1. The minimum absolute atomic E-state index is 0. The minimum Gasteiger partial charge on any atom is -0.481 e. The quantitative estimate of drug-likeness (QED) is 0.912. The molecule has 0 aliphatic heterocycles. The highest BCUT2D eigenvalue weighted by molar-refractivity contribution is 5.85. The van der Waals surface area contributed by atoms with Gasteiger partial charge in [0.1, 0.15) is 0 Å². The first-order valence-corrected chi connectivity index (χ1v) is 5.00. The first-order valence-electron chi connectivity index (χ1n) is 5.00. The summed E-state index contributed by atoms with van der Waals surface area (Å²) in [7, 11) is 1.62. The lowest BCUT2D eigenvalue weighted by molar-refractivity contribution is 0.247. The van der Waals surface area contributed by atoms with E-state index in [-0.39, 0.29) is 30.4 Å². The molecule has 0 radical (unpaired) electrons. The summed E-state index contributed by atoms with van der Waals surface area (Å²) < 4.78 is 5.00. The molecule has 0 spiro atoms. The molecule has 1 aliphatic rings. The van der Waals surface area contributed by atoms with Crippen molar-refractivity contribution >= 4 is 24.8 Å². The Balaban J connectivity index is 0.00000112. The topological polar surface area (TPSA) is 48.1 Å². The molecule has 0 unspecified atom stereocenters. The second kappa shape index (κ2) is 6.28. The van der Waals surface area contributed by atoms with Gasteiger partial charge in [0.15, 0.2) is 0 Å². The van der Waals surface area contributed by atoms with Crippen LogP contribution in [-0.4, -0.2) is 17.6 Å². The van der Waals surface area contributed by atoms with Crippen molar-refractivity contribution in [1.29, 1.82) is 0 Å². The van der Waals surface area contributed by atoms with Crippen LogP contribution < -0.4 is 10.5 Å². The van der Waals surface area contributed by atoms with Gasteiger partial charge in [-0.1, -0.05) is 6.07 Å². The van der Waals surface area contributed by atoms with Gasteiger partial charge in [-0.2, -0.15) is 0 Å². The molecule has 5 heteroatoms.